The summed E-state index contributed by atoms with van der Waals surface area (Å²) in [6.45, 7) is 0.305. The Morgan fingerprint density at radius 1 is 0.574 bits per heavy atom. The van der Waals surface area contributed by atoms with Gasteiger partial charge in [0.1, 0.15) is 24.2 Å². The van der Waals surface area contributed by atoms with Crippen LogP contribution in [0.25, 0.3) is 10.9 Å². The molecular weight excluding hydrogens is 820 g/mol. The average molecular weight is 875 g/mol. The van der Waals surface area contributed by atoms with Gasteiger partial charge in [0.15, 0.2) is 11.9 Å². The van der Waals surface area contributed by atoms with E-state index in [2.05, 4.69) is 36.2 Å². The molecule has 5 amide bonds. The Bertz CT molecular complexity index is 1900. The number of hydrogen-bond donors (Lipinski definition) is 10. The van der Waals surface area contributed by atoms with Gasteiger partial charge in [-0.3, -0.25) is 34.0 Å². The van der Waals surface area contributed by atoms with Crippen LogP contribution in [0.1, 0.15) is 36.8 Å². The fourth-order valence-electron chi connectivity index (χ4n) is 6.25. The summed E-state index contributed by atoms with van der Waals surface area (Å²) in [5.74, 6) is -3.19. The van der Waals surface area contributed by atoms with Gasteiger partial charge in [-0.15, -0.1) is 0 Å². The van der Waals surface area contributed by atoms with Crippen LogP contribution in [0.5, 0.6) is 0 Å². The predicted octanol–water partition coefficient (Wildman–Crippen LogP) is -0.0910. The average Bonchev–Trinajstić information content (AvgIpc) is 4.05. The van der Waals surface area contributed by atoms with Crippen molar-refractivity contribution in [2.24, 2.45) is 38.7 Å². The SMILES string of the molecule is NC(=O)[C@H](Cc1ccccc1)NC(=O)[C@H](CCCN=C(N)N)NC(=O)[C@H](CCCN=C(N)N)NC(=O)[C@H](Cc1c[nH]c2ccccc12)NC(=O)[C]1[CH][CH][CH][CH]1.[CH]1[CH][CH][CH][CH]1.[Fe+2]. The second-order valence-corrected chi connectivity index (χ2v) is 13.9. The summed E-state index contributed by atoms with van der Waals surface area (Å²) in [7, 11) is 0. The summed E-state index contributed by atoms with van der Waals surface area (Å²) >= 11 is 0. The summed E-state index contributed by atoms with van der Waals surface area (Å²) in [5, 5.41) is 11.9. The van der Waals surface area contributed by atoms with Gasteiger partial charge in [0.25, 0.3) is 0 Å². The van der Waals surface area contributed by atoms with Gasteiger partial charge in [0.2, 0.25) is 29.5 Å². The fraction of sp³-hybridized carbons (Fsp3) is 0.279. The standard InChI is InChI=1S/C38H49N12O5.C5H5.Fe/c39-32(51)30(20-23-10-2-1-3-11-23)49-35(54)29(17-9-19-45-38(42)43)47-34(53)28(16-8-18-44-37(40)41)48-36(55)31(50-33(52)24-12-4-5-13-24)21-25-22-46-27-15-7-6-14-26(25)27;1-2-4-5-3-1;/h1-7,10-15,22,28-31,46H,8-9,16-21H2,(H2,39,51)(H,47,53)(H,48,55)(H,49,54)(H,50,52)(H4,40,41,44)(H4,42,43,45);1-5H;/q;;+2/t28-,29-,30-,31-;;/m0../s1. The molecule has 4 atom stereocenters. The van der Waals surface area contributed by atoms with Crippen LogP contribution in [0.3, 0.4) is 0 Å². The molecule has 2 aliphatic carbocycles. The minimum atomic E-state index is -1.20. The summed E-state index contributed by atoms with van der Waals surface area (Å²) in [4.78, 5) is 78.6. The second kappa shape index (κ2) is 26.6. The first-order valence-electron chi connectivity index (χ1n) is 19.5. The molecule has 0 unspecified atom stereocenters. The van der Waals surface area contributed by atoms with Crippen molar-refractivity contribution in [1.29, 1.82) is 0 Å². The normalized spacial score (nSPS) is 15.3. The predicted molar refractivity (Wildman–Crippen MR) is 231 cm³/mol. The molecular formula is C43H54FeN12O5+2. The summed E-state index contributed by atoms with van der Waals surface area (Å²) in [5.41, 5.74) is 30.0. The van der Waals surface area contributed by atoms with Crippen LogP contribution in [-0.2, 0) is 53.9 Å². The molecule has 2 fully saturated rings. The number of aliphatic imine (C=N–C) groups is 2. The number of nitrogens with one attached hydrogen (secondary N) is 5. The first-order chi connectivity index (χ1) is 28.9. The number of primary amides is 1. The number of benzene rings is 2. The Labute approximate surface area is 368 Å². The number of rotatable bonds is 21. The Balaban J connectivity index is 0.00000154. The van der Waals surface area contributed by atoms with Gasteiger partial charge in [0.05, 0.1) is 5.92 Å². The number of aromatic amines is 1. The molecule has 3 aromatic rings. The third-order valence-electron chi connectivity index (χ3n) is 9.30. The molecule has 0 aliphatic heterocycles. The molecule has 17 nitrogen and oxygen atoms in total. The van der Waals surface area contributed by atoms with Crippen LogP contribution in [0, 0.1) is 63.7 Å². The molecule has 0 saturated heterocycles. The van der Waals surface area contributed by atoms with Crippen molar-refractivity contribution in [1.82, 2.24) is 26.3 Å². The fourth-order valence-corrected chi connectivity index (χ4v) is 6.25. The number of hydrogen-bond acceptors (Lipinski definition) is 7. The number of carbonyl (C=O) groups is 5. The molecule has 2 aromatic carbocycles. The third kappa shape index (κ3) is 17.5. The Hall–Kier alpha value is -5.61. The molecule has 2 saturated carbocycles. The van der Waals surface area contributed by atoms with Crippen LogP contribution in [0.2, 0.25) is 0 Å². The Morgan fingerprint density at radius 2 is 1.07 bits per heavy atom. The smallest absolute Gasteiger partial charge is 0.370 e. The first kappa shape index (κ1) is 49.7. The minimum Gasteiger partial charge on any atom is -0.370 e. The number of nitrogens with zero attached hydrogens (tertiary/aromatic N) is 2. The van der Waals surface area contributed by atoms with E-state index in [0.717, 1.165) is 22.0 Å². The number of aromatic nitrogens is 1. The number of fused-ring (bicyclic) bond motifs is 1. The van der Waals surface area contributed by atoms with E-state index >= 15 is 0 Å². The van der Waals surface area contributed by atoms with Crippen molar-refractivity contribution < 1.29 is 41.0 Å². The van der Waals surface area contributed by atoms with Gasteiger partial charge >= 0.3 is 17.1 Å². The summed E-state index contributed by atoms with van der Waals surface area (Å²) in [6, 6.07) is 11.9. The molecule has 5 rings (SSSR count). The van der Waals surface area contributed by atoms with Gasteiger partial charge in [0, 0.05) is 43.0 Å². The maximum Gasteiger partial charge on any atom is 2.00 e. The van der Waals surface area contributed by atoms with Crippen LogP contribution in [-0.4, -0.2) is 83.7 Å². The van der Waals surface area contributed by atoms with E-state index in [0.29, 0.717) is 5.92 Å². The van der Waals surface area contributed by atoms with E-state index in [1.807, 2.05) is 62.4 Å². The van der Waals surface area contributed by atoms with Crippen LogP contribution >= 0.6 is 0 Å². The minimum absolute atomic E-state index is 0. The second-order valence-electron chi connectivity index (χ2n) is 13.9. The van der Waals surface area contributed by atoms with E-state index in [4.69, 9.17) is 28.7 Å². The molecule has 15 N–H and O–H groups in total. The molecule has 2 aliphatic rings. The van der Waals surface area contributed by atoms with Crippen molar-refractivity contribution in [3.05, 3.63) is 136 Å². The molecule has 1 heterocycles. The van der Waals surface area contributed by atoms with E-state index < -0.39 is 53.7 Å². The number of para-hydroxylation sites is 1. The van der Waals surface area contributed by atoms with Crippen molar-refractivity contribution in [3.8, 4) is 0 Å². The Morgan fingerprint density at radius 3 is 1.59 bits per heavy atom. The molecule has 0 bridgehead atoms. The van der Waals surface area contributed by atoms with Crippen molar-refractivity contribution in [2.75, 3.05) is 13.1 Å². The maximum atomic E-state index is 14.1. The van der Waals surface area contributed by atoms with E-state index in [9.17, 15) is 24.0 Å². The van der Waals surface area contributed by atoms with E-state index in [1.54, 1.807) is 56.1 Å². The topological polar surface area (TPSA) is 304 Å². The zero-order valence-electron chi connectivity index (χ0n) is 33.6. The van der Waals surface area contributed by atoms with Crippen LogP contribution in [0.15, 0.2) is 70.8 Å². The van der Waals surface area contributed by atoms with Crippen molar-refractivity contribution in [3.63, 3.8) is 0 Å². The summed E-state index contributed by atoms with van der Waals surface area (Å²) < 4.78 is 0. The molecule has 322 valence electrons. The maximum absolute atomic E-state index is 14.1. The van der Waals surface area contributed by atoms with Crippen molar-refractivity contribution >= 4 is 52.4 Å². The van der Waals surface area contributed by atoms with Crippen LogP contribution < -0.4 is 49.9 Å². The summed E-state index contributed by atoms with van der Waals surface area (Å²) in [6.07, 6.45) is 19.3. The van der Waals surface area contributed by atoms with Gasteiger partial charge in [-0.1, -0.05) is 48.5 Å². The first-order valence-corrected chi connectivity index (χ1v) is 19.5. The van der Waals surface area contributed by atoms with E-state index in [1.165, 1.54) is 0 Å². The largest absolute Gasteiger partial charge is 2.00 e. The third-order valence-corrected chi connectivity index (χ3v) is 9.30. The number of carbonyl (C=O) groups excluding carboxylic acids is 5. The molecule has 1 aromatic heterocycles. The number of nitrogens with two attached hydrogens (primary N) is 5. The molecule has 0 spiro atoms. The van der Waals surface area contributed by atoms with Crippen molar-refractivity contribution in [2.45, 2.75) is 62.7 Å². The quantitative estimate of drug-likeness (QED) is 0.0296. The van der Waals surface area contributed by atoms with Crippen LogP contribution in [0.4, 0.5) is 0 Å². The zero-order chi connectivity index (χ0) is 43.3. The van der Waals surface area contributed by atoms with E-state index in [-0.39, 0.29) is 80.6 Å². The number of H-pyrrole nitrogens is 1. The van der Waals surface area contributed by atoms with Gasteiger partial charge in [-0.25, -0.2) is 0 Å². The molecule has 61 heavy (non-hydrogen) atoms. The zero-order valence-corrected chi connectivity index (χ0v) is 34.7. The Kier molecular flexibility index (Phi) is 21.7. The van der Waals surface area contributed by atoms with Gasteiger partial charge < -0.3 is 54.9 Å². The molecule has 18 heteroatoms. The van der Waals surface area contributed by atoms with Gasteiger partial charge in [-0.05, 0) is 101 Å². The number of amides is 5. The van der Waals surface area contributed by atoms with Gasteiger partial charge in [-0.2, -0.15) is 0 Å². The number of guanidine groups is 2. The monoisotopic (exact) mass is 874 g/mol. The molecule has 10 radical (unpaired) electrons.